The van der Waals surface area contributed by atoms with Crippen molar-refractivity contribution in [1.82, 2.24) is 14.9 Å². The Kier molecular flexibility index (Phi) is 5.33. The molecule has 0 saturated heterocycles. The van der Waals surface area contributed by atoms with Gasteiger partial charge in [-0.15, -0.1) is 0 Å². The summed E-state index contributed by atoms with van der Waals surface area (Å²) >= 11 is 5.23. The zero-order chi connectivity index (χ0) is 15.3. The van der Waals surface area contributed by atoms with Crippen LogP contribution in [0.4, 0.5) is 0 Å². The van der Waals surface area contributed by atoms with Gasteiger partial charge in [-0.3, -0.25) is 4.79 Å². The number of nitrogens with zero attached hydrogens (tertiary/aromatic N) is 2. The Hall–Kier alpha value is -1.43. The molecule has 1 saturated carbocycles. The van der Waals surface area contributed by atoms with E-state index in [1.54, 1.807) is 12.5 Å². The van der Waals surface area contributed by atoms with Crippen molar-refractivity contribution in [3.05, 3.63) is 18.7 Å². The van der Waals surface area contributed by atoms with Gasteiger partial charge in [0.25, 0.3) is 0 Å². The summed E-state index contributed by atoms with van der Waals surface area (Å²) in [7, 11) is 0. The van der Waals surface area contributed by atoms with E-state index in [-0.39, 0.29) is 11.9 Å². The van der Waals surface area contributed by atoms with Crippen LogP contribution >= 0.6 is 12.2 Å². The standard InChI is InChI=1S/C15H24N4OS/c1-12(10-19-9-8-17-11-19)18-14(20)15(13(16)21)6-4-2-3-5-7-15/h8-9,11-12H,2-7,10H2,1H3,(H2,16,21)(H,18,20). The molecule has 0 aromatic carbocycles. The predicted octanol–water partition coefficient (Wildman–Crippen LogP) is 2.01. The number of aromatic nitrogens is 2. The van der Waals surface area contributed by atoms with E-state index in [0.29, 0.717) is 11.5 Å². The Labute approximate surface area is 131 Å². The van der Waals surface area contributed by atoms with E-state index in [1.807, 2.05) is 17.7 Å². The SMILES string of the molecule is CC(Cn1ccnc1)NC(=O)C1(C(N)=S)CCCCCC1. The number of nitrogens with one attached hydrogen (secondary N) is 1. The fourth-order valence-corrected chi connectivity index (χ4v) is 3.33. The fourth-order valence-electron chi connectivity index (χ4n) is 3.04. The van der Waals surface area contributed by atoms with E-state index in [9.17, 15) is 4.79 Å². The van der Waals surface area contributed by atoms with Crippen molar-refractivity contribution < 1.29 is 4.79 Å². The van der Waals surface area contributed by atoms with Crippen LogP contribution < -0.4 is 11.1 Å². The molecule has 116 valence electrons. The first-order chi connectivity index (χ1) is 10.0. The lowest BCUT2D eigenvalue weighted by Crippen LogP contribution is -2.51. The zero-order valence-electron chi connectivity index (χ0n) is 12.5. The smallest absolute Gasteiger partial charge is 0.233 e. The second-order valence-corrected chi connectivity index (χ2v) is 6.43. The van der Waals surface area contributed by atoms with Crippen molar-refractivity contribution in [1.29, 1.82) is 0 Å². The predicted molar refractivity (Wildman–Crippen MR) is 86.8 cm³/mol. The molecule has 5 nitrogen and oxygen atoms in total. The van der Waals surface area contributed by atoms with Gasteiger partial charge in [-0.1, -0.05) is 37.9 Å². The first-order valence-electron chi connectivity index (χ1n) is 7.61. The van der Waals surface area contributed by atoms with Gasteiger partial charge in [0.15, 0.2) is 0 Å². The molecule has 0 bridgehead atoms. The maximum atomic E-state index is 12.7. The van der Waals surface area contributed by atoms with Gasteiger partial charge >= 0.3 is 0 Å². The molecule has 21 heavy (non-hydrogen) atoms. The first-order valence-corrected chi connectivity index (χ1v) is 8.02. The van der Waals surface area contributed by atoms with E-state index in [1.165, 1.54) is 0 Å². The van der Waals surface area contributed by atoms with Crippen LogP contribution in [0, 0.1) is 5.41 Å². The molecular weight excluding hydrogens is 284 g/mol. The Balaban J connectivity index is 2.02. The summed E-state index contributed by atoms with van der Waals surface area (Å²) in [6.07, 6.45) is 11.2. The number of hydrogen-bond donors (Lipinski definition) is 2. The highest BCUT2D eigenvalue weighted by molar-refractivity contribution is 7.80. The average molecular weight is 308 g/mol. The summed E-state index contributed by atoms with van der Waals surface area (Å²) in [6.45, 7) is 2.68. The molecule has 1 aromatic rings. The van der Waals surface area contributed by atoms with E-state index in [0.717, 1.165) is 38.5 Å². The van der Waals surface area contributed by atoms with Crippen LogP contribution in [0.1, 0.15) is 45.4 Å². The molecule has 1 aliphatic carbocycles. The van der Waals surface area contributed by atoms with E-state index < -0.39 is 5.41 Å². The molecule has 1 atom stereocenters. The normalized spacial score (nSPS) is 19.5. The maximum absolute atomic E-state index is 12.7. The molecule has 1 aromatic heterocycles. The van der Waals surface area contributed by atoms with Gasteiger partial charge < -0.3 is 15.6 Å². The van der Waals surface area contributed by atoms with Crippen molar-refractivity contribution in [3.8, 4) is 0 Å². The molecule has 0 aliphatic heterocycles. The van der Waals surface area contributed by atoms with Crippen molar-refractivity contribution in [2.75, 3.05) is 0 Å². The minimum atomic E-state index is -0.658. The average Bonchev–Trinajstić information content (AvgIpc) is 2.79. The largest absolute Gasteiger partial charge is 0.392 e. The molecule has 1 unspecified atom stereocenters. The Bertz CT molecular complexity index is 478. The summed E-state index contributed by atoms with van der Waals surface area (Å²) < 4.78 is 1.95. The molecule has 1 amide bonds. The van der Waals surface area contributed by atoms with Crippen molar-refractivity contribution in [2.45, 2.75) is 58.0 Å². The Morgan fingerprint density at radius 2 is 2.10 bits per heavy atom. The van der Waals surface area contributed by atoms with Crippen LogP contribution in [0.5, 0.6) is 0 Å². The lowest BCUT2D eigenvalue weighted by Gasteiger charge is -2.31. The summed E-state index contributed by atoms with van der Waals surface area (Å²) in [5, 5.41) is 3.08. The number of carbonyl (C=O) groups excluding carboxylic acids is 1. The molecule has 2 rings (SSSR count). The van der Waals surface area contributed by atoms with Crippen LogP contribution in [0.25, 0.3) is 0 Å². The highest BCUT2D eigenvalue weighted by Gasteiger charge is 2.41. The van der Waals surface area contributed by atoms with Crippen molar-refractivity contribution in [2.24, 2.45) is 11.1 Å². The lowest BCUT2D eigenvalue weighted by molar-refractivity contribution is -0.128. The minimum absolute atomic E-state index is 0.00971. The maximum Gasteiger partial charge on any atom is 0.233 e. The summed E-state index contributed by atoms with van der Waals surface area (Å²) in [5.41, 5.74) is 5.28. The van der Waals surface area contributed by atoms with Gasteiger partial charge in [-0.05, 0) is 19.8 Å². The van der Waals surface area contributed by atoms with E-state index in [4.69, 9.17) is 18.0 Å². The topological polar surface area (TPSA) is 72.9 Å². The number of thiocarbonyl (C=S) groups is 1. The monoisotopic (exact) mass is 308 g/mol. The van der Waals surface area contributed by atoms with Gasteiger partial charge in [-0.2, -0.15) is 0 Å². The Morgan fingerprint density at radius 1 is 1.43 bits per heavy atom. The van der Waals surface area contributed by atoms with Gasteiger partial charge in [0, 0.05) is 25.0 Å². The summed E-state index contributed by atoms with van der Waals surface area (Å²) in [6, 6.07) is 0.0150. The number of rotatable bonds is 5. The highest BCUT2D eigenvalue weighted by Crippen LogP contribution is 2.35. The minimum Gasteiger partial charge on any atom is -0.392 e. The van der Waals surface area contributed by atoms with E-state index >= 15 is 0 Å². The van der Waals surface area contributed by atoms with Crippen LogP contribution in [0.2, 0.25) is 0 Å². The summed E-state index contributed by atoms with van der Waals surface area (Å²) in [5.74, 6) is -0.00971. The van der Waals surface area contributed by atoms with Crippen LogP contribution in [-0.4, -0.2) is 26.5 Å². The lowest BCUT2D eigenvalue weighted by atomic mass is 9.79. The molecule has 1 heterocycles. The van der Waals surface area contributed by atoms with Gasteiger partial charge in [-0.25, -0.2) is 4.98 Å². The van der Waals surface area contributed by atoms with Gasteiger partial charge in [0.1, 0.15) is 0 Å². The number of amides is 1. The molecule has 0 spiro atoms. The number of imidazole rings is 1. The second kappa shape index (κ2) is 7.02. The molecule has 6 heteroatoms. The third-order valence-electron chi connectivity index (χ3n) is 4.28. The number of nitrogens with two attached hydrogens (primary N) is 1. The molecule has 3 N–H and O–H groups in total. The molecule has 1 aliphatic rings. The van der Waals surface area contributed by atoms with E-state index in [2.05, 4.69) is 10.3 Å². The zero-order valence-corrected chi connectivity index (χ0v) is 13.4. The Morgan fingerprint density at radius 3 is 2.62 bits per heavy atom. The highest BCUT2D eigenvalue weighted by atomic mass is 32.1. The third-order valence-corrected chi connectivity index (χ3v) is 4.68. The fraction of sp³-hybridized carbons (Fsp3) is 0.667. The first kappa shape index (κ1) is 15.9. The quantitative estimate of drug-likeness (QED) is 0.645. The molecule has 0 radical (unpaired) electrons. The van der Waals surface area contributed by atoms with Crippen molar-refractivity contribution >= 4 is 23.1 Å². The van der Waals surface area contributed by atoms with Crippen molar-refractivity contribution in [3.63, 3.8) is 0 Å². The number of carbonyl (C=O) groups is 1. The number of hydrogen-bond acceptors (Lipinski definition) is 3. The summed E-state index contributed by atoms with van der Waals surface area (Å²) in [4.78, 5) is 17.1. The second-order valence-electron chi connectivity index (χ2n) is 5.99. The van der Waals surface area contributed by atoms with Crippen LogP contribution in [0.15, 0.2) is 18.7 Å². The third kappa shape index (κ3) is 3.81. The van der Waals surface area contributed by atoms with Crippen LogP contribution in [-0.2, 0) is 11.3 Å². The van der Waals surface area contributed by atoms with Gasteiger partial charge in [0.2, 0.25) is 5.91 Å². The molecule has 1 fully saturated rings. The van der Waals surface area contributed by atoms with Crippen LogP contribution in [0.3, 0.4) is 0 Å². The van der Waals surface area contributed by atoms with Gasteiger partial charge in [0.05, 0.1) is 16.7 Å². The molecular formula is C15H24N4OS.